The Balaban J connectivity index is 2.17. The van der Waals surface area contributed by atoms with Crippen molar-refractivity contribution in [3.8, 4) is 5.75 Å². The topological polar surface area (TPSA) is 77.9 Å². The van der Waals surface area contributed by atoms with Crippen molar-refractivity contribution in [3.63, 3.8) is 0 Å². The summed E-state index contributed by atoms with van der Waals surface area (Å²) < 4.78 is 0. The van der Waals surface area contributed by atoms with Crippen molar-refractivity contribution in [2.24, 2.45) is 0 Å². The van der Waals surface area contributed by atoms with Gasteiger partial charge in [0, 0.05) is 13.1 Å². The van der Waals surface area contributed by atoms with Crippen LogP contribution in [-0.4, -0.2) is 51.6 Å². The second-order valence-electron chi connectivity index (χ2n) is 5.04. The van der Waals surface area contributed by atoms with E-state index in [-0.39, 0.29) is 28.1 Å². The van der Waals surface area contributed by atoms with Crippen molar-refractivity contribution < 1.29 is 19.5 Å². The predicted octanol–water partition coefficient (Wildman–Crippen LogP) is 2.95. The zero-order valence-electron chi connectivity index (χ0n) is 13.3. The number of aromatic hydroxyl groups is 1. The van der Waals surface area contributed by atoms with Crippen molar-refractivity contribution in [2.75, 3.05) is 19.6 Å². The normalized spacial score (nSPS) is 16.1. The molecule has 0 radical (unpaired) electrons. The number of nitrogens with zero attached hydrogens (tertiary/aromatic N) is 2. The summed E-state index contributed by atoms with van der Waals surface area (Å²) in [6.07, 6.45) is 1.51. The quantitative estimate of drug-likeness (QED) is 0.808. The first kappa shape index (κ1) is 18.4. The minimum atomic E-state index is -0.505. The Hall–Kier alpha value is -1.99. The number of thioether (sulfide) groups is 1. The van der Waals surface area contributed by atoms with E-state index < -0.39 is 11.1 Å². The average Bonchev–Trinajstić information content (AvgIpc) is 2.80. The monoisotopic (exact) mass is 368 g/mol. The van der Waals surface area contributed by atoms with Crippen molar-refractivity contribution in [3.05, 3.63) is 33.7 Å². The molecule has 1 heterocycles. The summed E-state index contributed by atoms with van der Waals surface area (Å²) in [5.74, 6) is -0.835. The van der Waals surface area contributed by atoms with Crippen LogP contribution < -0.4 is 0 Å². The zero-order valence-corrected chi connectivity index (χ0v) is 14.9. The maximum atomic E-state index is 12.4. The van der Waals surface area contributed by atoms with Crippen LogP contribution in [0.4, 0.5) is 4.79 Å². The van der Waals surface area contributed by atoms with Gasteiger partial charge in [-0.2, -0.15) is 0 Å². The second kappa shape index (κ2) is 7.72. The van der Waals surface area contributed by atoms with Gasteiger partial charge in [-0.15, -0.1) is 0 Å². The molecule has 1 N–H and O–H groups in total. The number of imide groups is 1. The molecule has 24 heavy (non-hydrogen) atoms. The summed E-state index contributed by atoms with van der Waals surface area (Å²) in [4.78, 5) is 39.2. The number of rotatable bonds is 5. The number of phenols is 1. The Bertz CT molecular complexity index is 716. The van der Waals surface area contributed by atoms with Gasteiger partial charge in [0.05, 0.1) is 9.93 Å². The fourth-order valence-electron chi connectivity index (χ4n) is 2.21. The largest absolute Gasteiger partial charge is 0.506 e. The molecule has 0 aliphatic carbocycles. The lowest BCUT2D eigenvalue weighted by Gasteiger charge is -2.21. The molecule has 2 rings (SSSR count). The van der Waals surface area contributed by atoms with E-state index in [1.165, 1.54) is 18.2 Å². The highest BCUT2D eigenvalue weighted by Gasteiger charge is 2.36. The van der Waals surface area contributed by atoms with Gasteiger partial charge in [0.15, 0.2) is 0 Å². The van der Waals surface area contributed by atoms with Gasteiger partial charge < -0.3 is 10.0 Å². The molecule has 8 heteroatoms. The number of phenolic OH excluding ortho intramolecular Hbond substituents is 1. The molecule has 0 bridgehead atoms. The summed E-state index contributed by atoms with van der Waals surface area (Å²) >= 11 is 6.61. The van der Waals surface area contributed by atoms with E-state index in [0.29, 0.717) is 18.7 Å². The summed E-state index contributed by atoms with van der Waals surface area (Å²) in [6, 6.07) is 4.48. The average molecular weight is 369 g/mol. The third-order valence-electron chi connectivity index (χ3n) is 3.55. The molecule has 1 saturated heterocycles. The Kier molecular flexibility index (Phi) is 5.90. The van der Waals surface area contributed by atoms with Crippen molar-refractivity contribution in [1.29, 1.82) is 0 Å². The first-order chi connectivity index (χ1) is 11.4. The highest BCUT2D eigenvalue weighted by atomic mass is 35.5. The molecule has 1 aromatic carbocycles. The lowest BCUT2D eigenvalue weighted by Crippen LogP contribution is -2.41. The molecule has 3 amide bonds. The van der Waals surface area contributed by atoms with Gasteiger partial charge in [-0.25, -0.2) is 0 Å². The van der Waals surface area contributed by atoms with Gasteiger partial charge in [-0.1, -0.05) is 17.7 Å². The Labute approximate surface area is 149 Å². The van der Waals surface area contributed by atoms with E-state index in [1.54, 1.807) is 11.0 Å². The minimum Gasteiger partial charge on any atom is -0.506 e. The molecular weight excluding hydrogens is 352 g/mol. The SMILES string of the molecule is CCN(CC)C(=O)CN1C(=O)S/C(=C\c2ccc(O)c(Cl)c2)C1=O. The number of carbonyl (C=O) groups excluding carboxylic acids is 3. The number of likely N-dealkylation sites (N-methyl/N-ethyl adjacent to an activating group) is 1. The van der Waals surface area contributed by atoms with Gasteiger partial charge in [0.1, 0.15) is 12.3 Å². The fourth-order valence-corrected chi connectivity index (χ4v) is 3.24. The number of hydrogen-bond acceptors (Lipinski definition) is 5. The van der Waals surface area contributed by atoms with Crippen LogP contribution in [0, 0.1) is 0 Å². The summed E-state index contributed by atoms with van der Waals surface area (Å²) in [5.41, 5.74) is 0.582. The number of benzene rings is 1. The number of hydrogen-bond donors (Lipinski definition) is 1. The molecule has 1 aromatic rings. The number of carbonyl (C=O) groups is 3. The van der Waals surface area contributed by atoms with Crippen LogP contribution >= 0.6 is 23.4 Å². The molecule has 128 valence electrons. The molecule has 6 nitrogen and oxygen atoms in total. The second-order valence-corrected chi connectivity index (χ2v) is 6.45. The number of halogens is 1. The standard InChI is InChI=1S/C16H17ClN2O4S/c1-3-18(4-2)14(21)9-19-15(22)13(24-16(19)23)8-10-5-6-12(20)11(17)7-10/h5-8,20H,3-4,9H2,1-2H3/b13-8-. The van der Waals surface area contributed by atoms with Crippen LogP contribution in [0.25, 0.3) is 6.08 Å². The Morgan fingerprint density at radius 2 is 2.00 bits per heavy atom. The molecule has 1 aliphatic heterocycles. The molecular formula is C16H17ClN2O4S. The van der Waals surface area contributed by atoms with Crippen molar-refractivity contribution >= 4 is 46.5 Å². The van der Waals surface area contributed by atoms with Crippen LogP contribution in [0.15, 0.2) is 23.1 Å². The predicted molar refractivity (Wildman–Crippen MR) is 93.7 cm³/mol. The van der Waals surface area contributed by atoms with E-state index in [2.05, 4.69) is 0 Å². The van der Waals surface area contributed by atoms with Gasteiger partial charge in [-0.05, 0) is 49.4 Å². The smallest absolute Gasteiger partial charge is 0.294 e. The molecule has 1 fully saturated rings. The molecule has 0 saturated carbocycles. The van der Waals surface area contributed by atoms with E-state index in [0.717, 1.165) is 16.7 Å². The molecule has 0 spiro atoms. The maximum Gasteiger partial charge on any atom is 0.294 e. The van der Waals surface area contributed by atoms with E-state index in [1.807, 2.05) is 13.8 Å². The van der Waals surface area contributed by atoms with Gasteiger partial charge in [0.2, 0.25) is 5.91 Å². The van der Waals surface area contributed by atoms with Crippen LogP contribution in [0.1, 0.15) is 19.4 Å². The molecule has 0 aromatic heterocycles. The fraction of sp³-hybridized carbons (Fsp3) is 0.312. The highest BCUT2D eigenvalue weighted by molar-refractivity contribution is 8.18. The molecule has 0 atom stereocenters. The Morgan fingerprint density at radius 3 is 2.58 bits per heavy atom. The van der Waals surface area contributed by atoms with Crippen molar-refractivity contribution in [1.82, 2.24) is 9.80 Å². The lowest BCUT2D eigenvalue weighted by molar-refractivity contribution is -0.135. The highest BCUT2D eigenvalue weighted by Crippen LogP contribution is 2.33. The van der Waals surface area contributed by atoms with Crippen LogP contribution in [0.2, 0.25) is 5.02 Å². The first-order valence-corrected chi connectivity index (χ1v) is 8.58. The molecule has 1 aliphatic rings. The summed E-state index contributed by atoms with van der Waals surface area (Å²) in [7, 11) is 0. The van der Waals surface area contributed by atoms with Gasteiger partial charge in [0.25, 0.3) is 11.1 Å². The van der Waals surface area contributed by atoms with Gasteiger partial charge in [-0.3, -0.25) is 19.3 Å². The zero-order chi connectivity index (χ0) is 17.9. The molecule has 0 unspecified atom stereocenters. The van der Waals surface area contributed by atoms with Crippen LogP contribution in [0.5, 0.6) is 5.75 Å². The van der Waals surface area contributed by atoms with E-state index in [9.17, 15) is 19.5 Å². The van der Waals surface area contributed by atoms with E-state index >= 15 is 0 Å². The third kappa shape index (κ3) is 3.91. The lowest BCUT2D eigenvalue weighted by atomic mass is 10.2. The van der Waals surface area contributed by atoms with E-state index in [4.69, 9.17) is 11.6 Å². The first-order valence-electron chi connectivity index (χ1n) is 7.39. The summed E-state index contributed by atoms with van der Waals surface area (Å²) in [6.45, 7) is 4.45. The third-order valence-corrected chi connectivity index (χ3v) is 4.76. The van der Waals surface area contributed by atoms with Gasteiger partial charge >= 0.3 is 0 Å². The maximum absolute atomic E-state index is 12.4. The minimum absolute atomic E-state index is 0.0632. The van der Waals surface area contributed by atoms with Crippen molar-refractivity contribution in [2.45, 2.75) is 13.8 Å². The Morgan fingerprint density at radius 1 is 1.33 bits per heavy atom. The van der Waals surface area contributed by atoms with Crippen LogP contribution in [-0.2, 0) is 9.59 Å². The summed E-state index contributed by atoms with van der Waals surface area (Å²) in [5, 5.41) is 9.09. The van der Waals surface area contributed by atoms with Crippen LogP contribution in [0.3, 0.4) is 0 Å². The number of amides is 3.